The van der Waals surface area contributed by atoms with Crippen LogP contribution in [0.5, 0.6) is 11.5 Å². The molecule has 0 bridgehead atoms. The van der Waals surface area contributed by atoms with Crippen LogP contribution in [0.25, 0.3) is 6.08 Å². The average Bonchev–Trinajstić information content (AvgIpc) is 2.80. The molecule has 0 aliphatic heterocycles. The number of amides is 1. The first-order valence-corrected chi connectivity index (χ1v) is 11.8. The number of nitrogens with zero attached hydrogens (tertiary/aromatic N) is 1. The maximum Gasteiger partial charge on any atom is 0.266 e. The lowest BCUT2D eigenvalue weighted by Gasteiger charge is -2.13. The summed E-state index contributed by atoms with van der Waals surface area (Å²) >= 11 is 18.8. The summed E-state index contributed by atoms with van der Waals surface area (Å²) in [4.78, 5) is 12.6. The van der Waals surface area contributed by atoms with Gasteiger partial charge in [0.1, 0.15) is 18.2 Å². The van der Waals surface area contributed by atoms with Crippen molar-refractivity contribution in [3.05, 3.63) is 90.3 Å². The van der Waals surface area contributed by atoms with Crippen LogP contribution >= 0.6 is 55.1 Å². The standard InChI is InChI=1S/C24H16Br2Cl2N2O3/c1-32-22-10-15(9-16(12-29)24(31)30-18-5-3-17(25)4-6-18)19(26)11-23(22)33-13-14-2-7-20(27)21(28)8-14/h2-11H,13H2,1H3,(H,30,31)/b16-9-. The molecule has 0 saturated heterocycles. The van der Waals surface area contributed by atoms with Gasteiger partial charge in [-0.3, -0.25) is 4.79 Å². The number of hydrogen-bond donors (Lipinski definition) is 1. The maximum absolute atomic E-state index is 12.6. The molecule has 0 heterocycles. The maximum atomic E-state index is 12.6. The normalized spacial score (nSPS) is 11.0. The fourth-order valence-corrected chi connectivity index (χ4v) is 3.78. The molecule has 0 unspecified atom stereocenters. The Hall–Kier alpha value is -2.50. The van der Waals surface area contributed by atoms with Gasteiger partial charge in [0, 0.05) is 14.6 Å². The van der Waals surface area contributed by atoms with E-state index in [0.29, 0.717) is 37.3 Å². The van der Waals surface area contributed by atoms with E-state index in [4.69, 9.17) is 32.7 Å². The summed E-state index contributed by atoms with van der Waals surface area (Å²) in [5, 5.41) is 13.1. The highest BCUT2D eigenvalue weighted by Crippen LogP contribution is 2.35. The zero-order valence-electron chi connectivity index (χ0n) is 17.2. The Balaban J connectivity index is 1.81. The molecule has 1 amide bonds. The third-order valence-corrected chi connectivity index (χ3v) is 6.38. The Morgan fingerprint density at radius 3 is 2.42 bits per heavy atom. The van der Waals surface area contributed by atoms with Crippen LogP contribution in [0.15, 0.2) is 69.1 Å². The van der Waals surface area contributed by atoms with Crippen LogP contribution in [0.4, 0.5) is 5.69 Å². The van der Waals surface area contributed by atoms with Crippen LogP contribution in [0.2, 0.25) is 10.0 Å². The van der Waals surface area contributed by atoms with Gasteiger partial charge in [-0.15, -0.1) is 0 Å². The molecule has 3 aromatic carbocycles. The second-order valence-corrected chi connectivity index (χ2v) is 9.28. The fourth-order valence-electron chi connectivity index (χ4n) is 2.76. The van der Waals surface area contributed by atoms with Crippen LogP contribution < -0.4 is 14.8 Å². The van der Waals surface area contributed by atoms with E-state index in [1.54, 1.807) is 48.5 Å². The molecule has 0 radical (unpaired) electrons. The van der Waals surface area contributed by atoms with E-state index in [0.717, 1.165) is 10.0 Å². The lowest BCUT2D eigenvalue weighted by molar-refractivity contribution is -0.112. The molecular weight excluding hydrogens is 595 g/mol. The summed E-state index contributed by atoms with van der Waals surface area (Å²) in [6.45, 7) is 0.244. The molecule has 0 aliphatic rings. The largest absolute Gasteiger partial charge is 0.493 e. The monoisotopic (exact) mass is 608 g/mol. The molecular formula is C24H16Br2Cl2N2O3. The van der Waals surface area contributed by atoms with Crippen LogP contribution in [0.1, 0.15) is 11.1 Å². The van der Waals surface area contributed by atoms with Crippen molar-refractivity contribution in [2.45, 2.75) is 6.61 Å². The molecule has 0 aromatic heterocycles. The lowest BCUT2D eigenvalue weighted by atomic mass is 10.1. The Kier molecular flexibility index (Phi) is 8.81. The van der Waals surface area contributed by atoms with Gasteiger partial charge < -0.3 is 14.8 Å². The number of carbonyl (C=O) groups is 1. The molecule has 0 saturated carbocycles. The third-order valence-electron chi connectivity index (χ3n) is 4.43. The van der Waals surface area contributed by atoms with E-state index in [1.165, 1.54) is 13.2 Å². The minimum atomic E-state index is -0.523. The predicted octanol–water partition coefficient (Wildman–Crippen LogP) is 7.65. The number of carbonyl (C=O) groups excluding carboxylic acids is 1. The van der Waals surface area contributed by atoms with E-state index in [2.05, 4.69) is 37.2 Å². The lowest BCUT2D eigenvalue weighted by Crippen LogP contribution is -2.13. The van der Waals surface area contributed by atoms with E-state index in [1.807, 2.05) is 12.1 Å². The highest BCUT2D eigenvalue weighted by Gasteiger charge is 2.14. The number of halogens is 4. The van der Waals surface area contributed by atoms with Gasteiger partial charge in [-0.2, -0.15) is 5.26 Å². The van der Waals surface area contributed by atoms with Gasteiger partial charge in [0.2, 0.25) is 0 Å². The molecule has 168 valence electrons. The van der Waals surface area contributed by atoms with Crippen molar-refractivity contribution < 1.29 is 14.3 Å². The van der Waals surface area contributed by atoms with Crippen molar-refractivity contribution in [2.24, 2.45) is 0 Å². The molecule has 0 spiro atoms. The summed E-state index contributed by atoms with van der Waals surface area (Å²) in [7, 11) is 1.51. The van der Waals surface area contributed by atoms with Gasteiger partial charge in [0.05, 0.1) is 17.2 Å². The topological polar surface area (TPSA) is 71.3 Å². The minimum Gasteiger partial charge on any atom is -0.493 e. The second kappa shape index (κ2) is 11.6. The summed E-state index contributed by atoms with van der Waals surface area (Å²) in [5.74, 6) is 0.395. The van der Waals surface area contributed by atoms with Crippen LogP contribution in [0, 0.1) is 11.3 Å². The summed E-state index contributed by atoms with van der Waals surface area (Å²) in [6.07, 6.45) is 1.48. The second-order valence-electron chi connectivity index (χ2n) is 6.69. The van der Waals surface area contributed by atoms with Gasteiger partial charge >= 0.3 is 0 Å². The number of anilines is 1. The summed E-state index contributed by atoms with van der Waals surface area (Å²) in [5.41, 5.74) is 1.93. The highest BCUT2D eigenvalue weighted by molar-refractivity contribution is 9.10. The van der Waals surface area contributed by atoms with Gasteiger partial charge in [-0.1, -0.05) is 61.1 Å². The van der Waals surface area contributed by atoms with Crippen LogP contribution in [-0.2, 0) is 11.4 Å². The number of ether oxygens (including phenoxy) is 2. The summed E-state index contributed by atoms with van der Waals surface area (Å²) < 4.78 is 12.8. The number of hydrogen-bond acceptors (Lipinski definition) is 4. The third kappa shape index (κ3) is 6.75. The smallest absolute Gasteiger partial charge is 0.266 e. The van der Waals surface area contributed by atoms with Crippen molar-refractivity contribution in [2.75, 3.05) is 12.4 Å². The highest BCUT2D eigenvalue weighted by atomic mass is 79.9. The molecule has 0 fully saturated rings. The molecule has 33 heavy (non-hydrogen) atoms. The van der Waals surface area contributed by atoms with Gasteiger partial charge in [0.15, 0.2) is 11.5 Å². The quantitative estimate of drug-likeness (QED) is 0.220. The molecule has 0 aliphatic carbocycles. The van der Waals surface area contributed by atoms with E-state index < -0.39 is 5.91 Å². The van der Waals surface area contributed by atoms with Crippen molar-refractivity contribution in [3.8, 4) is 17.6 Å². The van der Waals surface area contributed by atoms with E-state index in [-0.39, 0.29) is 12.2 Å². The Bertz CT molecular complexity index is 1260. The summed E-state index contributed by atoms with van der Waals surface area (Å²) in [6, 6.07) is 17.6. The predicted molar refractivity (Wildman–Crippen MR) is 138 cm³/mol. The van der Waals surface area contributed by atoms with Gasteiger partial charge in [-0.05, 0) is 65.7 Å². The number of methoxy groups -OCH3 is 1. The Morgan fingerprint density at radius 1 is 1.06 bits per heavy atom. The first-order valence-electron chi connectivity index (χ1n) is 9.43. The Morgan fingerprint density at radius 2 is 1.79 bits per heavy atom. The number of nitrogens with one attached hydrogen (secondary N) is 1. The minimum absolute atomic E-state index is 0.0647. The fraction of sp³-hybridized carbons (Fsp3) is 0.0833. The molecule has 9 heteroatoms. The van der Waals surface area contributed by atoms with Crippen molar-refractivity contribution >= 4 is 72.7 Å². The zero-order chi connectivity index (χ0) is 24.0. The molecule has 3 aromatic rings. The van der Waals surface area contributed by atoms with E-state index >= 15 is 0 Å². The van der Waals surface area contributed by atoms with Crippen LogP contribution in [-0.4, -0.2) is 13.0 Å². The van der Waals surface area contributed by atoms with Crippen LogP contribution in [0.3, 0.4) is 0 Å². The first-order chi connectivity index (χ1) is 15.8. The first kappa shape index (κ1) is 25.1. The van der Waals surface area contributed by atoms with Crippen molar-refractivity contribution in [1.82, 2.24) is 0 Å². The number of nitriles is 1. The zero-order valence-corrected chi connectivity index (χ0v) is 21.8. The average molecular weight is 611 g/mol. The van der Waals surface area contributed by atoms with Gasteiger partial charge in [0.25, 0.3) is 5.91 Å². The number of benzene rings is 3. The van der Waals surface area contributed by atoms with E-state index in [9.17, 15) is 10.1 Å². The Labute approximate surface area is 218 Å². The van der Waals surface area contributed by atoms with Crippen molar-refractivity contribution in [3.63, 3.8) is 0 Å². The molecule has 0 atom stereocenters. The number of rotatable bonds is 7. The van der Waals surface area contributed by atoms with Crippen molar-refractivity contribution in [1.29, 1.82) is 5.26 Å². The SMILES string of the molecule is COc1cc(/C=C(/C#N)C(=O)Nc2ccc(Br)cc2)c(Br)cc1OCc1ccc(Cl)c(Cl)c1. The molecule has 1 N–H and O–H groups in total. The molecule has 5 nitrogen and oxygen atoms in total. The molecule has 3 rings (SSSR count). The van der Waals surface area contributed by atoms with Gasteiger partial charge in [-0.25, -0.2) is 0 Å².